The zero-order chi connectivity index (χ0) is 11.7. The molecule has 0 radical (unpaired) electrons. The number of fused-ring (bicyclic) bond motifs is 1. The Morgan fingerprint density at radius 1 is 1.44 bits per heavy atom. The Morgan fingerprint density at radius 2 is 2.19 bits per heavy atom. The first-order valence-corrected chi connectivity index (χ1v) is 5.96. The largest absolute Gasteiger partial charge is 0.369 e. The molecule has 1 aliphatic heterocycles. The third kappa shape index (κ3) is 1.97. The summed E-state index contributed by atoms with van der Waals surface area (Å²) in [5.74, 6) is 0.247. The van der Waals surface area contributed by atoms with Crippen molar-refractivity contribution < 1.29 is 4.79 Å². The highest BCUT2D eigenvalue weighted by atomic mass is 16.1. The summed E-state index contributed by atoms with van der Waals surface area (Å²) >= 11 is 0. The lowest BCUT2D eigenvalue weighted by Crippen LogP contribution is -2.28. The summed E-state index contributed by atoms with van der Waals surface area (Å²) in [5, 5.41) is 0. The van der Waals surface area contributed by atoms with Crippen LogP contribution in [0.5, 0.6) is 0 Å². The fraction of sp³-hybridized carbons (Fsp3) is 0.500. The molecule has 1 aromatic rings. The van der Waals surface area contributed by atoms with Gasteiger partial charge in [-0.2, -0.15) is 0 Å². The van der Waals surface area contributed by atoms with Crippen LogP contribution in [0.1, 0.15) is 31.9 Å². The minimum atomic E-state index is 0.247. The third-order valence-electron chi connectivity index (χ3n) is 3.22. The maximum Gasteiger partial charge on any atom is 0.134 e. The molecule has 1 aliphatic rings. The van der Waals surface area contributed by atoms with Crippen molar-refractivity contribution in [3.8, 4) is 0 Å². The molecule has 0 amide bonds. The first kappa shape index (κ1) is 11.2. The van der Waals surface area contributed by atoms with Crippen molar-refractivity contribution in [1.29, 1.82) is 0 Å². The molecule has 0 N–H and O–H groups in total. The Bertz CT molecular complexity index is 409. The second kappa shape index (κ2) is 4.28. The molecule has 16 heavy (non-hydrogen) atoms. The predicted octanol–water partition coefficient (Wildman–Crippen LogP) is 2.59. The molecule has 2 rings (SSSR count). The van der Waals surface area contributed by atoms with Crippen LogP contribution in [0.15, 0.2) is 18.2 Å². The van der Waals surface area contributed by atoms with Crippen molar-refractivity contribution in [2.45, 2.75) is 39.7 Å². The normalized spacial score (nSPS) is 14.4. The summed E-state index contributed by atoms with van der Waals surface area (Å²) in [6.07, 6.45) is 1.66. The predicted molar refractivity (Wildman–Crippen MR) is 67.0 cm³/mol. The van der Waals surface area contributed by atoms with Gasteiger partial charge in [0.2, 0.25) is 0 Å². The van der Waals surface area contributed by atoms with Gasteiger partial charge in [0.15, 0.2) is 0 Å². The van der Waals surface area contributed by atoms with E-state index in [0.717, 1.165) is 13.0 Å². The average molecular weight is 217 g/mol. The van der Waals surface area contributed by atoms with Gasteiger partial charge in [0.1, 0.15) is 5.78 Å². The maximum absolute atomic E-state index is 11.2. The number of hydrogen-bond donors (Lipinski definition) is 0. The first-order valence-electron chi connectivity index (χ1n) is 5.96. The van der Waals surface area contributed by atoms with Crippen LogP contribution in [-0.4, -0.2) is 18.4 Å². The fourth-order valence-corrected chi connectivity index (χ4v) is 2.50. The molecule has 0 unspecified atom stereocenters. The molecule has 0 fully saturated rings. The van der Waals surface area contributed by atoms with E-state index in [1.165, 1.54) is 16.8 Å². The van der Waals surface area contributed by atoms with E-state index in [0.29, 0.717) is 12.5 Å². The summed E-state index contributed by atoms with van der Waals surface area (Å²) in [5.41, 5.74) is 3.92. The SMILES string of the molecule is CC(=O)Cc1cccc2c1CCN2C(C)C. The van der Waals surface area contributed by atoms with Gasteiger partial charge in [-0.15, -0.1) is 0 Å². The van der Waals surface area contributed by atoms with Crippen molar-refractivity contribution in [3.63, 3.8) is 0 Å². The minimum Gasteiger partial charge on any atom is -0.369 e. The molecule has 1 heterocycles. The van der Waals surface area contributed by atoms with E-state index in [1.807, 2.05) is 0 Å². The van der Waals surface area contributed by atoms with Gasteiger partial charge in [0.25, 0.3) is 0 Å². The molecule has 0 saturated carbocycles. The van der Waals surface area contributed by atoms with Crippen LogP contribution < -0.4 is 4.90 Å². The molecular weight excluding hydrogens is 198 g/mol. The molecule has 2 nitrogen and oxygen atoms in total. The molecule has 0 aromatic heterocycles. The molecule has 0 saturated heterocycles. The van der Waals surface area contributed by atoms with E-state index in [4.69, 9.17) is 0 Å². The van der Waals surface area contributed by atoms with Gasteiger partial charge in [-0.3, -0.25) is 4.79 Å². The molecule has 86 valence electrons. The Balaban J connectivity index is 2.36. The molecule has 0 bridgehead atoms. The Hall–Kier alpha value is -1.31. The van der Waals surface area contributed by atoms with Crippen LogP contribution in [0.25, 0.3) is 0 Å². The highest BCUT2D eigenvalue weighted by Gasteiger charge is 2.23. The van der Waals surface area contributed by atoms with Gasteiger partial charge in [-0.1, -0.05) is 12.1 Å². The number of nitrogens with zero attached hydrogens (tertiary/aromatic N) is 1. The Kier molecular flexibility index (Phi) is 2.99. The summed E-state index contributed by atoms with van der Waals surface area (Å²) in [6.45, 7) is 7.18. The highest BCUT2D eigenvalue weighted by molar-refractivity contribution is 5.79. The standard InChI is InChI=1S/C14H19NO/c1-10(2)15-8-7-13-12(9-11(3)16)5-4-6-14(13)15/h4-6,10H,7-9H2,1-3H3. The van der Waals surface area contributed by atoms with Gasteiger partial charge in [-0.25, -0.2) is 0 Å². The first-order chi connectivity index (χ1) is 7.59. The van der Waals surface area contributed by atoms with Crippen molar-refractivity contribution in [1.82, 2.24) is 0 Å². The zero-order valence-electron chi connectivity index (χ0n) is 10.3. The zero-order valence-corrected chi connectivity index (χ0v) is 10.3. The maximum atomic E-state index is 11.2. The van der Waals surface area contributed by atoms with Gasteiger partial charge in [-0.05, 0) is 44.4 Å². The van der Waals surface area contributed by atoms with Gasteiger partial charge in [0, 0.05) is 24.7 Å². The van der Waals surface area contributed by atoms with Crippen molar-refractivity contribution in [2.75, 3.05) is 11.4 Å². The number of Topliss-reactive ketones (excluding diaryl/α,β-unsaturated/α-hetero) is 1. The topological polar surface area (TPSA) is 20.3 Å². The summed E-state index contributed by atoms with van der Waals surface area (Å²) in [7, 11) is 0. The van der Waals surface area contributed by atoms with E-state index in [-0.39, 0.29) is 5.78 Å². The quantitative estimate of drug-likeness (QED) is 0.775. The molecule has 1 aromatic carbocycles. The molecule has 0 aliphatic carbocycles. The molecule has 2 heteroatoms. The average Bonchev–Trinajstić information content (AvgIpc) is 2.61. The molecule has 0 atom stereocenters. The lowest BCUT2D eigenvalue weighted by molar-refractivity contribution is -0.116. The van der Waals surface area contributed by atoms with Crippen molar-refractivity contribution in [3.05, 3.63) is 29.3 Å². The fourth-order valence-electron chi connectivity index (χ4n) is 2.50. The van der Waals surface area contributed by atoms with Gasteiger partial charge in [0.05, 0.1) is 0 Å². The van der Waals surface area contributed by atoms with Crippen LogP contribution >= 0.6 is 0 Å². The van der Waals surface area contributed by atoms with Crippen LogP contribution in [0, 0.1) is 0 Å². The van der Waals surface area contributed by atoms with Crippen LogP contribution in [0.3, 0.4) is 0 Å². The molecule has 0 spiro atoms. The van der Waals surface area contributed by atoms with E-state index in [1.54, 1.807) is 6.92 Å². The second-order valence-corrected chi connectivity index (χ2v) is 4.83. The van der Waals surface area contributed by atoms with Gasteiger partial charge < -0.3 is 4.90 Å². The summed E-state index contributed by atoms with van der Waals surface area (Å²) in [4.78, 5) is 13.6. The number of ketones is 1. The van der Waals surface area contributed by atoms with E-state index >= 15 is 0 Å². The number of hydrogen-bond acceptors (Lipinski definition) is 2. The molecular formula is C14H19NO. The van der Waals surface area contributed by atoms with E-state index < -0.39 is 0 Å². The number of rotatable bonds is 3. The number of benzene rings is 1. The Labute approximate surface area is 97.3 Å². The highest BCUT2D eigenvalue weighted by Crippen LogP contribution is 2.32. The lowest BCUT2D eigenvalue weighted by Gasteiger charge is -2.24. The van der Waals surface area contributed by atoms with Gasteiger partial charge >= 0.3 is 0 Å². The Morgan fingerprint density at radius 3 is 2.81 bits per heavy atom. The number of anilines is 1. The summed E-state index contributed by atoms with van der Waals surface area (Å²) in [6, 6.07) is 6.86. The van der Waals surface area contributed by atoms with Crippen LogP contribution in [0.2, 0.25) is 0 Å². The van der Waals surface area contributed by atoms with Crippen LogP contribution in [0.4, 0.5) is 5.69 Å². The van der Waals surface area contributed by atoms with Crippen LogP contribution in [-0.2, 0) is 17.6 Å². The third-order valence-corrected chi connectivity index (χ3v) is 3.22. The summed E-state index contributed by atoms with van der Waals surface area (Å²) < 4.78 is 0. The van der Waals surface area contributed by atoms with E-state index in [2.05, 4.69) is 36.9 Å². The monoisotopic (exact) mass is 217 g/mol. The second-order valence-electron chi connectivity index (χ2n) is 4.83. The number of carbonyl (C=O) groups excluding carboxylic acids is 1. The van der Waals surface area contributed by atoms with Crippen molar-refractivity contribution >= 4 is 11.5 Å². The number of carbonyl (C=O) groups is 1. The van der Waals surface area contributed by atoms with E-state index in [9.17, 15) is 4.79 Å². The lowest BCUT2D eigenvalue weighted by atomic mass is 10.0. The smallest absolute Gasteiger partial charge is 0.134 e. The van der Waals surface area contributed by atoms with Crippen molar-refractivity contribution in [2.24, 2.45) is 0 Å². The minimum absolute atomic E-state index is 0.247.